The number of nitrogens with zero attached hydrogens (tertiary/aromatic N) is 6. The number of fused-ring (bicyclic) bond motifs is 1. The third-order valence-corrected chi connectivity index (χ3v) is 6.71. The first-order chi connectivity index (χ1) is 17.2. The Bertz CT molecular complexity index is 1350. The van der Waals surface area contributed by atoms with E-state index in [0.29, 0.717) is 18.9 Å². The fraction of sp³-hybridized carbons (Fsp3) is 0.385. The molecule has 0 saturated carbocycles. The van der Waals surface area contributed by atoms with Crippen molar-refractivity contribution in [3.63, 3.8) is 0 Å². The van der Waals surface area contributed by atoms with Gasteiger partial charge in [0.25, 0.3) is 0 Å². The molecular weight excluding hydrogens is 447 g/mol. The average Bonchev–Trinajstić information content (AvgIpc) is 3.38. The lowest BCUT2D eigenvalue weighted by Gasteiger charge is -2.34. The van der Waals surface area contributed by atoms with Crippen LogP contribution in [-0.4, -0.2) is 57.1 Å². The minimum Gasteiger partial charge on any atom is -0.377 e. The number of anilines is 1. The summed E-state index contributed by atoms with van der Waals surface area (Å²) in [6, 6.07) is 10.9. The number of hydrogen-bond acceptors (Lipinski definition) is 7. The standard InChI is InChI=1S/C26H27FN6O2/c1-17-16-34-14-12-32(17)23-15-19(20-5-4-6-22(27)30-20)18-8-10-28-26(25(18)31-23)21-9-11-29-33(21)24-7-2-3-13-35-24/h4-6,8-11,15,17,24H,2-3,7,12-14,16H2,1H3/t17-,24?/m1/s1. The van der Waals surface area contributed by atoms with Crippen LogP contribution in [0.4, 0.5) is 10.2 Å². The summed E-state index contributed by atoms with van der Waals surface area (Å²) >= 11 is 0. The van der Waals surface area contributed by atoms with Gasteiger partial charge in [0.15, 0.2) is 6.23 Å². The van der Waals surface area contributed by atoms with Crippen LogP contribution in [0.3, 0.4) is 0 Å². The second kappa shape index (κ2) is 9.31. The molecule has 1 unspecified atom stereocenters. The Morgan fingerprint density at radius 1 is 1.06 bits per heavy atom. The molecule has 6 heterocycles. The number of halogens is 1. The summed E-state index contributed by atoms with van der Waals surface area (Å²) in [5.41, 5.74) is 3.66. The Kier molecular flexibility index (Phi) is 5.87. The molecule has 4 aromatic rings. The van der Waals surface area contributed by atoms with Gasteiger partial charge in [0.2, 0.25) is 5.95 Å². The van der Waals surface area contributed by atoms with Crippen LogP contribution in [0.25, 0.3) is 33.5 Å². The lowest BCUT2D eigenvalue weighted by atomic mass is 10.0. The fourth-order valence-electron chi connectivity index (χ4n) is 4.96. The van der Waals surface area contributed by atoms with Gasteiger partial charge >= 0.3 is 0 Å². The molecule has 0 amide bonds. The summed E-state index contributed by atoms with van der Waals surface area (Å²) in [5, 5.41) is 5.43. The lowest BCUT2D eigenvalue weighted by molar-refractivity contribution is -0.0383. The van der Waals surface area contributed by atoms with E-state index in [1.54, 1.807) is 18.5 Å². The van der Waals surface area contributed by atoms with Gasteiger partial charge in [0.05, 0.1) is 30.6 Å². The van der Waals surface area contributed by atoms with E-state index in [1.165, 1.54) is 6.07 Å². The number of aromatic nitrogens is 5. The van der Waals surface area contributed by atoms with Crippen molar-refractivity contribution in [2.24, 2.45) is 0 Å². The van der Waals surface area contributed by atoms with Crippen molar-refractivity contribution in [3.8, 4) is 22.6 Å². The number of hydrogen-bond donors (Lipinski definition) is 0. The molecule has 0 aromatic carbocycles. The summed E-state index contributed by atoms with van der Waals surface area (Å²) in [4.78, 5) is 16.3. The first-order valence-corrected chi connectivity index (χ1v) is 12.1. The van der Waals surface area contributed by atoms with Gasteiger partial charge in [-0.05, 0) is 56.5 Å². The van der Waals surface area contributed by atoms with E-state index in [1.807, 2.05) is 28.9 Å². The Hall–Kier alpha value is -3.43. The maximum atomic E-state index is 14.1. The van der Waals surface area contributed by atoms with Crippen molar-refractivity contribution in [2.45, 2.75) is 38.5 Å². The van der Waals surface area contributed by atoms with Crippen LogP contribution in [0.15, 0.2) is 48.8 Å². The van der Waals surface area contributed by atoms with Gasteiger partial charge < -0.3 is 14.4 Å². The molecule has 2 aliphatic rings. The Labute approximate surface area is 202 Å². The van der Waals surface area contributed by atoms with E-state index in [4.69, 9.17) is 19.4 Å². The van der Waals surface area contributed by atoms with E-state index in [-0.39, 0.29) is 12.3 Å². The van der Waals surface area contributed by atoms with Crippen molar-refractivity contribution in [1.82, 2.24) is 24.7 Å². The molecule has 0 radical (unpaired) electrons. The minimum atomic E-state index is -0.518. The van der Waals surface area contributed by atoms with Crippen LogP contribution in [-0.2, 0) is 9.47 Å². The van der Waals surface area contributed by atoms with Gasteiger partial charge in [-0.2, -0.15) is 9.49 Å². The maximum Gasteiger partial charge on any atom is 0.213 e. The van der Waals surface area contributed by atoms with E-state index in [2.05, 4.69) is 21.9 Å². The van der Waals surface area contributed by atoms with Crippen molar-refractivity contribution in [2.75, 3.05) is 31.3 Å². The van der Waals surface area contributed by atoms with Crippen molar-refractivity contribution >= 4 is 16.7 Å². The normalized spacial score (nSPS) is 20.9. The van der Waals surface area contributed by atoms with Crippen molar-refractivity contribution in [3.05, 3.63) is 54.7 Å². The van der Waals surface area contributed by atoms with Gasteiger partial charge in [0, 0.05) is 36.5 Å². The highest BCUT2D eigenvalue weighted by Crippen LogP contribution is 2.36. The number of ether oxygens (including phenoxy) is 2. The molecule has 0 aliphatic carbocycles. The SMILES string of the molecule is C[C@@H]1COCCN1c1cc(-c2cccc(F)n2)c2ccnc(-c3ccnn3C3CCCCO3)c2n1. The highest BCUT2D eigenvalue weighted by molar-refractivity contribution is 6.01. The molecule has 2 atom stereocenters. The second-order valence-corrected chi connectivity index (χ2v) is 9.03. The number of morpholine rings is 1. The third-order valence-electron chi connectivity index (χ3n) is 6.71. The molecule has 2 aliphatic heterocycles. The Morgan fingerprint density at radius 2 is 2.00 bits per heavy atom. The quantitative estimate of drug-likeness (QED) is 0.400. The zero-order chi connectivity index (χ0) is 23.8. The zero-order valence-electron chi connectivity index (χ0n) is 19.6. The molecule has 8 nitrogen and oxygen atoms in total. The number of pyridine rings is 3. The first kappa shape index (κ1) is 22.1. The predicted octanol–water partition coefficient (Wildman–Crippen LogP) is 4.62. The largest absolute Gasteiger partial charge is 0.377 e. The molecule has 180 valence electrons. The van der Waals surface area contributed by atoms with Crippen LogP contribution in [0.1, 0.15) is 32.4 Å². The molecule has 2 fully saturated rings. The summed E-state index contributed by atoms with van der Waals surface area (Å²) in [6.07, 6.45) is 6.47. The van der Waals surface area contributed by atoms with Gasteiger partial charge in [-0.1, -0.05) is 6.07 Å². The van der Waals surface area contributed by atoms with Crippen molar-refractivity contribution in [1.29, 1.82) is 0 Å². The number of rotatable bonds is 4. The molecular formula is C26H27FN6O2. The molecule has 0 N–H and O–H groups in total. The smallest absolute Gasteiger partial charge is 0.213 e. The molecule has 2 saturated heterocycles. The summed E-state index contributed by atoms with van der Waals surface area (Å²) < 4.78 is 27.7. The van der Waals surface area contributed by atoms with E-state index in [0.717, 1.165) is 66.1 Å². The van der Waals surface area contributed by atoms with Crippen molar-refractivity contribution < 1.29 is 13.9 Å². The fourth-order valence-corrected chi connectivity index (χ4v) is 4.96. The molecule has 4 aromatic heterocycles. The third kappa shape index (κ3) is 4.15. The topological polar surface area (TPSA) is 78.2 Å². The average molecular weight is 475 g/mol. The van der Waals surface area contributed by atoms with Crippen LogP contribution < -0.4 is 4.90 Å². The molecule has 6 rings (SSSR count). The summed E-state index contributed by atoms with van der Waals surface area (Å²) in [6.45, 7) is 4.81. The Morgan fingerprint density at radius 3 is 2.83 bits per heavy atom. The monoisotopic (exact) mass is 474 g/mol. The van der Waals surface area contributed by atoms with Gasteiger partial charge in [-0.25, -0.2) is 14.6 Å². The van der Waals surface area contributed by atoms with Gasteiger partial charge in [-0.3, -0.25) is 4.98 Å². The van der Waals surface area contributed by atoms with E-state index >= 15 is 0 Å². The molecule has 35 heavy (non-hydrogen) atoms. The summed E-state index contributed by atoms with van der Waals surface area (Å²) in [7, 11) is 0. The van der Waals surface area contributed by atoms with E-state index in [9.17, 15) is 4.39 Å². The van der Waals surface area contributed by atoms with Crippen LogP contribution >= 0.6 is 0 Å². The zero-order valence-corrected chi connectivity index (χ0v) is 19.6. The van der Waals surface area contributed by atoms with Crippen LogP contribution in [0.5, 0.6) is 0 Å². The first-order valence-electron chi connectivity index (χ1n) is 12.1. The minimum absolute atomic E-state index is 0.127. The van der Waals surface area contributed by atoms with Crippen LogP contribution in [0.2, 0.25) is 0 Å². The molecule has 0 spiro atoms. The summed E-state index contributed by atoms with van der Waals surface area (Å²) in [5.74, 6) is 0.277. The maximum absolute atomic E-state index is 14.1. The second-order valence-electron chi connectivity index (χ2n) is 9.03. The highest BCUT2D eigenvalue weighted by atomic mass is 19.1. The van der Waals surface area contributed by atoms with Crippen LogP contribution in [0, 0.1) is 5.95 Å². The molecule has 0 bridgehead atoms. The molecule has 9 heteroatoms. The van der Waals surface area contributed by atoms with E-state index < -0.39 is 5.95 Å². The van der Waals surface area contributed by atoms with Gasteiger partial charge in [-0.15, -0.1) is 0 Å². The lowest BCUT2D eigenvalue weighted by Crippen LogP contribution is -2.44. The predicted molar refractivity (Wildman–Crippen MR) is 130 cm³/mol. The van der Waals surface area contributed by atoms with Gasteiger partial charge in [0.1, 0.15) is 17.0 Å². The highest BCUT2D eigenvalue weighted by Gasteiger charge is 2.25. The Balaban J connectivity index is 1.57.